The second-order valence-electron chi connectivity index (χ2n) is 9.53. The van der Waals surface area contributed by atoms with Gasteiger partial charge in [0.1, 0.15) is 16.7 Å². The van der Waals surface area contributed by atoms with Crippen molar-refractivity contribution in [3.63, 3.8) is 0 Å². The quantitative estimate of drug-likeness (QED) is 0.246. The summed E-state index contributed by atoms with van der Waals surface area (Å²) in [4.78, 5) is 29.2. The standard InChI is InChI=1S/C28H30N4O7S2/c1-4-37-28-21(15-26(34)39-28)31-41(35,36)25-12-11-19(29-18(3)33)14-23(25)38-17(2)16-32-22-9-6-5-8-20(22)30-27(32)24-10-7-13-40-24/h5-14,17,21,28,31H,4,15-16H2,1-3H3,(H,29,33). The third kappa shape index (κ3) is 6.43. The van der Waals surface area contributed by atoms with Crippen LogP contribution in [-0.4, -0.2) is 54.9 Å². The first kappa shape index (κ1) is 28.7. The van der Waals surface area contributed by atoms with Gasteiger partial charge >= 0.3 is 5.97 Å². The van der Waals surface area contributed by atoms with E-state index in [-0.39, 0.29) is 29.6 Å². The molecule has 3 unspecified atom stereocenters. The fraction of sp³-hybridized carbons (Fsp3) is 0.321. The summed E-state index contributed by atoms with van der Waals surface area (Å²) >= 11 is 1.57. The van der Waals surface area contributed by atoms with E-state index in [4.69, 9.17) is 19.2 Å². The average molecular weight is 599 g/mol. The molecule has 0 radical (unpaired) electrons. The number of ether oxygens (including phenoxy) is 3. The Morgan fingerprint density at radius 2 is 2.02 bits per heavy atom. The molecular formula is C28H30N4O7S2. The van der Waals surface area contributed by atoms with E-state index in [0.717, 1.165) is 21.7 Å². The van der Waals surface area contributed by atoms with Gasteiger partial charge in [-0.1, -0.05) is 18.2 Å². The van der Waals surface area contributed by atoms with Crippen LogP contribution in [0.4, 0.5) is 5.69 Å². The molecule has 0 spiro atoms. The Labute approximate surface area is 241 Å². The molecule has 5 rings (SSSR count). The number of nitrogens with one attached hydrogen (secondary N) is 2. The lowest BCUT2D eigenvalue weighted by Gasteiger charge is -2.22. The number of amides is 1. The molecule has 2 aromatic heterocycles. The van der Waals surface area contributed by atoms with E-state index in [2.05, 4.69) is 10.0 Å². The van der Waals surface area contributed by atoms with Gasteiger partial charge in [0.15, 0.2) is 5.82 Å². The van der Waals surface area contributed by atoms with Gasteiger partial charge in [0.25, 0.3) is 0 Å². The number of thiophene rings is 1. The zero-order valence-corrected chi connectivity index (χ0v) is 24.3. The molecule has 3 heterocycles. The normalized spacial score (nSPS) is 17.9. The van der Waals surface area contributed by atoms with Crippen molar-refractivity contribution in [2.75, 3.05) is 11.9 Å². The van der Waals surface area contributed by atoms with Gasteiger partial charge in [-0.15, -0.1) is 11.3 Å². The Morgan fingerprint density at radius 3 is 2.76 bits per heavy atom. The maximum absolute atomic E-state index is 13.6. The molecule has 1 fully saturated rings. The molecule has 0 aliphatic carbocycles. The number of hydrogen-bond donors (Lipinski definition) is 2. The molecule has 1 aliphatic heterocycles. The Balaban J connectivity index is 1.46. The van der Waals surface area contributed by atoms with Gasteiger partial charge in [0, 0.05) is 25.3 Å². The van der Waals surface area contributed by atoms with Crippen molar-refractivity contribution in [1.82, 2.24) is 14.3 Å². The summed E-state index contributed by atoms with van der Waals surface area (Å²) in [5.41, 5.74) is 2.12. The van der Waals surface area contributed by atoms with Crippen LogP contribution in [0.25, 0.3) is 21.7 Å². The number of sulfonamides is 1. The minimum atomic E-state index is -4.20. The van der Waals surface area contributed by atoms with E-state index < -0.39 is 34.4 Å². The molecule has 11 nitrogen and oxygen atoms in total. The number of carbonyl (C=O) groups is 2. The van der Waals surface area contributed by atoms with E-state index in [0.29, 0.717) is 12.2 Å². The van der Waals surface area contributed by atoms with E-state index in [1.807, 2.05) is 53.3 Å². The molecule has 216 valence electrons. The number of esters is 1. The fourth-order valence-corrected chi connectivity index (χ4v) is 6.74. The topological polar surface area (TPSA) is 138 Å². The van der Waals surface area contributed by atoms with Gasteiger partial charge in [-0.25, -0.2) is 18.1 Å². The molecule has 0 saturated carbocycles. The molecule has 41 heavy (non-hydrogen) atoms. The van der Waals surface area contributed by atoms with E-state index >= 15 is 0 Å². The minimum Gasteiger partial charge on any atom is -0.487 e. The monoisotopic (exact) mass is 598 g/mol. The van der Waals surface area contributed by atoms with Crippen LogP contribution in [0.5, 0.6) is 5.75 Å². The van der Waals surface area contributed by atoms with Crippen molar-refractivity contribution >= 4 is 50.0 Å². The summed E-state index contributed by atoms with van der Waals surface area (Å²) in [6, 6.07) is 15.1. The first-order chi connectivity index (χ1) is 19.6. The minimum absolute atomic E-state index is 0.0385. The van der Waals surface area contributed by atoms with Crippen molar-refractivity contribution in [3.8, 4) is 16.5 Å². The Bertz CT molecular complexity index is 1670. The zero-order valence-electron chi connectivity index (χ0n) is 22.7. The summed E-state index contributed by atoms with van der Waals surface area (Å²) in [7, 11) is -4.20. The number of anilines is 1. The smallest absolute Gasteiger partial charge is 0.310 e. The van der Waals surface area contributed by atoms with Crippen LogP contribution in [0, 0.1) is 0 Å². The molecule has 2 aromatic carbocycles. The van der Waals surface area contributed by atoms with Gasteiger partial charge in [-0.05, 0) is 49.6 Å². The lowest BCUT2D eigenvalue weighted by molar-refractivity contribution is -0.163. The van der Waals surface area contributed by atoms with Crippen LogP contribution in [0.2, 0.25) is 0 Å². The zero-order chi connectivity index (χ0) is 29.1. The van der Waals surface area contributed by atoms with Crippen molar-refractivity contribution in [2.24, 2.45) is 0 Å². The van der Waals surface area contributed by atoms with Crippen LogP contribution in [-0.2, 0) is 35.6 Å². The van der Waals surface area contributed by atoms with E-state index in [1.165, 1.54) is 25.1 Å². The lowest BCUT2D eigenvalue weighted by Crippen LogP contribution is -2.41. The second-order valence-corrected chi connectivity index (χ2v) is 12.2. The number of fused-ring (bicyclic) bond motifs is 1. The number of hydrogen-bond acceptors (Lipinski definition) is 9. The molecule has 4 aromatic rings. The predicted octanol–water partition coefficient (Wildman–Crippen LogP) is 4.15. The molecule has 1 aliphatic rings. The van der Waals surface area contributed by atoms with Gasteiger partial charge in [0.2, 0.25) is 22.2 Å². The number of aromatic nitrogens is 2. The highest BCUT2D eigenvalue weighted by atomic mass is 32.2. The Hall–Kier alpha value is -3.78. The van der Waals surface area contributed by atoms with Crippen molar-refractivity contribution < 1.29 is 32.2 Å². The van der Waals surface area contributed by atoms with Crippen LogP contribution in [0.3, 0.4) is 0 Å². The summed E-state index contributed by atoms with van der Waals surface area (Å²) in [5, 5.41) is 4.65. The van der Waals surface area contributed by atoms with Gasteiger partial charge in [-0.3, -0.25) is 9.59 Å². The predicted molar refractivity (Wildman–Crippen MR) is 154 cm³/mol. The van der Waals surface area contributed by atoms with Crippen LogP contribution in [0.15, 0.2) is 64.9 Å². The third-order valence-corrected chi connectivity index (χ3v) is 8.71. The Morgan fingerprint density at radius 1 is 1.22 bits per heavy atom. The van der Waals surface area contributed by atoms with Gasteiger partial charge in [-0.2, -0.15) is 0 Å². The van der Waals surface area contributed by atoms with Crippen LogP contribution in [0.1, 0.15) is 27.2 Å². The third-order valence-electron chi connectivity index (χ3n) is 6.32. The lowest BCUT2D eigenvalue weighted by atomic mass is 10.2. The fourth-order valence-electron chi connectivity index (χ4n) is 4.68. The number of imidazole rings is 1. The maximum atomic E-state index is 13.6. The Kier molecular flexibility index (Phi) is 8.40. The molecule has 0 bridgehead atoms. The first-order valence-electron chi connectivity index (χ1n) is 13.1. The molecule has 3 atom stereocenters. The summed E-state index contributed by atoms with van der Waals surface area (Å²) in [6.45, 7) is 5.51. The molecule has 13 heteroatoms. The first-order valence-corrected chi connectivity index (χ1v) is 15.4. The van der Waals surface area contributed by atoms with Gasteiger partial charge < -0.3 is 24.1 Å². The summed E-state index contributed by atoms with van der Waals surface area (Å²) < 4.78 is 48.5. The van der Waals surface area contributed by atoms with Crippen LogP contribution < -0.4 is 14.8 Å². The highest BCUT2D eigenvalue weighted by Gasteiger charge is 2.39. The summed E-state index contributed by atoms with van der Waals surface area (Å²) in [6.07, 6.45) is -1.71. The van der Waals surface area contributed by atoms with Gasteiger partial charge in [0.05, 0.1) is 34.9 Å². The van der Waals surface area contributed by atoms with E-state index in [1.54, 1.807) is 18.3 Å². The number of carbonyl (C=O) groups excluding carboxylic acids is 2. The summed E-state index contributed by atoms with van der Waals surface area (Å²) in [5.74, 6) is -0.0525. The molecule has 1 amide bonds. The van der Waals surface area contributed by atoms with Crippen molar-refractivity contribution in [1.29, 1.82) is 0 Å². The van der Waals surface area contributed by atoms with Crippen LogP contribution >= 0.6 is 11.3 Å². The van der Waals surface area contributed by atoms with Crippen molar-refractivity contribution in [3.05, 3.63) is 60.0 Å². The van der Waals surface area contributed by atoms with Crippen molar-refractivity contribution in [2.45, 2.75) is 57.1 Å². The van der Waals surface area contributed by atoms with E-state index in [9.17, 15) is 18.0 Å². The average Bonchev–Trinajstić information content (AvgIpc) is 3.63. The number of para-hydroxylation sites is 2. The largest absolute Gasteiger partial charge is 0.487 e. The number of nitrogens with zero attached hydrogens (tertiary/aromatic N) is 2. The molecular weight excluding hydrogens is 568 g/mol. The highest BCUT2D eigenvalue weighted by Crippen LogP contribution is 2.32. The number of benzene rings is 2. The second kappa shape index (κ2) is 12.0. The molecule has 2 N–H and O–H groups in total. The number of cyclic esters (lactones) is 1. The molecule has 1 saturated heterocycles. The number of rotatable bonds is 11. The highest BCUT2D eigenvalue weighted by molar-refractivity contribution is 7.89. The SMILES string of the molecule is CCOC1OC(=O)CC1NS(=O)(=O)c1ccc(NC(C)=O)cc1OC(C)Cn1c(-c2cccs2)nc2ccccc21. The maximum Gasteiger partial charge on any atom is 0.310 e.